The molecule has 0 bridgehead atoms. The predicted molar refractivity (Wildman–Crippen MR) is 77.3 cm³/mol. The normalized spacial score (nSPS) is 11.8. The van der Waals surface area contributed by atoms with Gasteiger partial charge in [0.25, 0.3) is 0 Å². The lowest BCUT2D eigenvalue weighted by Gasteiger charge is -2.11. The van der Waals surface area contributed by atoms with Crippen LogP contribution in [0.2, 0.25) is 5.02 Å². The van der Waals surface area contributed by atoms with Gasteiger partial charge in [0, 0.05) is 12.6 Å². The molecule has 108 valence electrons. The SMILES string of the molecule is CCCOc1cc(S(=O)(=O)NCC(C)C)ccc1Cl. The van der Waals surface area contributed by atoms with Crippen molar-refractivity contribution in [2.45, 2.75) is 32.1 Å². The number of rotatable bonds is 7. The van der Waals surface area contributed by atoms with Crippen molar-refractivity contribution in [1.29, 1.82) is 0 Å². The Bertz CT molecular complexity index is 515. The number of ether oxygens (including phenoxy) is 1. The van der Waals surface area contributed by atoms with Crippen molar-refractivity contribution in [3.8, 4) is 5.75 Å². The minimum absolute atomic E-state index is 0.170. The molecule has 0 aromatic heterocycles. The van der Waals surface area contributed by atoms with Gasteiger partial charge in [-0.25, -0.2) is 13.1 Å². The van der Waals surface area contributed by atoms with Crippen LogP contribution in [0, 0.1) is 5.92 Å². The van der Waals surface area contributed by atoms with Crippen LogP contribution in [0.4, 0.5) is 0 Å². The maximum Gasteiger partial charge on any atom is 0.240 e. The van der Waals surface area contributed by atoms with Gasteiger partial charge < -0.3 is 4.74 Å². The van der Waals surface area contributed by atoms with Crippen molar-refractivity contribution in [3.05, 3.63) is 23.2 Å². The van der Waals surface area contributed by atoms with Crippen molar-refractivity contribution < 1.29 is 13.2 Å². The number of nitrogens with one attached hydrogen (secondary N) is 1. The highest BCUT2D eigenvalue weighted by Gasteiger charge is 2.16. The van der Waals surface area contributed by atoms with Gasteiger partial charge in [-0.3, -0.25) is 0 Å². The van der Waals surface area contributed by atoms with Gasteiger partial charge in [0.05, 0.1) is 16.5 Å². The minimum Gasteiger partial charge on any atom is -0.492 e. The third-order valence-corrected chi connectivity index (χ3v) is 4.09. The molecule has 1 rings (SSSR count). The lowest BCUT2D eigenvalue weighted by atomic mass is 10.2. The highest BCUT2D eigenvalue weighted by atomic mass is 35.5. The third kappa shape index (κ3) is 5.01. The smallest absolute Gasteiger partial charge is 0.240 e. The minimum atomic E-state index is -3.51. The Morgan fingerprint density at radius 2 is 2.05 bits per heavy atom. The molecule has 0 saturated heterocycles. The largest absolute Gasteiger partial charge is 0.492 e. The van der Waals surface area contributed by atoms with Gasteiger partial charge in [0.15, 0.2) is 0 Å². The molecular weight excluding hydrogens is 286 g/mol. The van der Waals surface area contributed by atoms with E-state index in [1.165, 1.54) is 18.2 Å². The molecule has 4 nitrogen and oxygen atoms in total. The lowest BCUT2D eigenvalue weighted by molar-refractivity contribution is 0.317. The van der Waals surface area contributed by atoms with Crippen molar-refractivity contribution in [3.63, 3.8) is 0 Å². The van der Waals surface area contributed by atoms with Crippen LogP contribution in [0.1, 0.15) is 27.2 Å². The topological polar surface area (TPSA) is 55.4 Å². The Labute approximate surface area is 120 Å². The Hall–Kier alpha value is -0.780. The Kier molecular flexibility index (Phi) is 6.10. The molecule has 0 fully saturated rings. The summed E-state index contributed by atoms with van der Waals surface area (Å²) in [6, 6.07) is 4.47. The van der Waals surface area contributed by atoms with Gasteiger partial charge in [-0.15, -0.1) is 0 Å². The van der Waals surface area contributed by atoms with E-state index in [0.717, 1.165) is 6.42 Å². The summed E-state index contributed by atoms with van der Waals surface area (Å²) < 4.78 is 32.1. The second-order valence-corrected chi connectivity index (χ2v) is 6.86. The van der Waals surface area contributed by atoms with E-state index in [-0.39, 0.29) is 10.8 Å². The van der Waals surface area contributed by atoms with Gasteiger partial charge in [-0.1, -0.05) is 32.4 Å². The van der Waals surface area contributed by atoms with Gasteiger partial charge in [-0.2, -0.15) is 0 Å². The molecule has 19 heavy (non-hydrogen) atoms. The van der Waals surface area contributed by atoms with Crippen molar-refractivity contribution in [2.75, 3.05) is 13.2 Å². The molecule has 0 amide bonds. The molecule has 6 heteroatoms. The quantitative estimate of drug-likeness (QED) is 0.842. The van der Waals surface area contributed by atoms with Gasteiger partial charge in [-0.05, 0) is 24.5 Å². The molecule has 0 spiro atoms. The van der Waals surface area contributed by atoms with Crippen LogP contribution < -0.4 is 9.46 Å². The number of hydrogen-bond acceptors (Lipinski definition) is 3. The monoisotopic (exact) mass is 305 g/mol. The van der Waals surface area contributed by atoms with Crippen LogP contribution in [0.15, 0.2) is 23.1 Å². The maximum absolute atomic E-state index is 12.1. The van der Waals surface area contributed by atoms with Crippen LogP contribution in [0.5, 0.6) is 5.75 Å². The van der Waals surface area contributed by atoms with Crippen LogP contribution in [0.25, 0.3) is 0 Å². The molecule has 0 aliphatic rings. The second-order valence-electron chi connectivity index (χ2n) is 4.69. The summed E-state index contributed by atoms with van der Waals surface area (Å²) in [5.41, 5.74) is 0. The van der Waals surface area contributed by atoms with E-state index in [1.807, 2.05) is 20.8 Å². The van der Waals surface area contributed by atoms with Crippen LogP contribution in [-0.4, -0.2) is 21.6 Å². The first-order valence-corrected chi connectivity index (χ1v) is 8.15. The Morgan fingerprint density at radius 3 is 2.63 bits per heavy atom. The molecule has 1 N–H and O–H groups in total. The van der Waals surface area contributed by atoms with Gasteiger partial charge in [0.2, 0.25) is 10.0 Å². The fourth-order valence-corrected chi connectivity index (χ4v) is 2.73. The molecule has 0 heterocycles. The molecule has 0 aliphatic heterocycles. The van der Waals surface area contributed by atoms with Crippen LogP contribution in [-0.2, 0) is 10.0 Å². The zero-order valence-electron chi connectivity index (χ0n) is 11.4. The van der Waals surface area contributed by atoms with Crippen molar-refractivity contribution in [2.24, 2.45) is 5.92 Å². The standard InChI is InChI=1S/C13H20ClNO3S/c1-4-7-18-13-8-11(5-6-12(13)14)19(16,17)15-9-10(2)3/h5-6,8,10,15H,4,7,9H2,1-3H3. The molecule has 0 atom stereocenters. The van der Waals surface area contributed by atoms with E-state index in [2.05, 4.69) is 4.72 Å². The highest BCUT2D eigenvalue weighted by molar-refractivity contribution is 7.89. The highest BCUT2D eigenvalue weighted by Crippen LogP contribution is 2.27. The van der Waals surface area contributed by atoms with E-state index in [1.54, 1.807) is 0 Å². The summed E-state index contributed by atoms with van der Waals surface area (Å²) in [6.45, 7) is 6.76. The summed E-state index contributed by atoms with van der Waals surface area (Å²) in [5, 5.41) is 0.413. The third-order valence-electron chi connectivity index (χ3n) is 2.36. The fraction of sp³-hybridized carbons (Fsp3) is 0.538. The van der Waals surface area contributed by atoms with E-state index < -0.39 is 10.0 Å². The van der Waals surface area contributed by atoms with Gasteiger partial charge in [0.1, 0.15) is 5.75 Å². The summed E-state index contributed by atoms with van der Waals surface area (Å²) in [5.74, 6) is 0.647. The molecule has 1 aromatic carbocycles. The number of benzene rings is 1. The van der Waals surface area contributed by atoms with E-state index in [4.69, 9.17) is 16.3 Å². The zero-order chi connectivity index (χ0) is 14.5. The Balaban J connectivity index is 2.94. The van der Waals surface area contributed by atoms with E-state index in [9.17, 15) is 8.42 Å². The molecule has 0 unspecified atom stereocenters. The molecule has 1 aromatic rings. The van der Waals surface area contributed by atoms with Crippen LogP contribution >= 0.6 is 11.6 Å². The number of sulfonamides is 1. The van der Waals surface area contributed by atoms with Crippen molar-refractivity contribution >= 4 is 21.6 Å². The first-order chi connectivity index (χ1) is 8.86. The number of hydrogen-bond donors (Lipinski definition) is 1. The molecule has 0 saturated carbocycles. The second kappa shape index (κ2) is 7.12. The van der Waals surface area contributed by atoms with Crippen LogP contribution in [0.3, 0.4) is 0 Å². The summed E-state index contributed by atoms with van der Waals surface area (Å²) >= 11 is 5.97. The Morgan fingerprint density at radius 1 is 1.37 bits per heavy atom. The van der Waals surface area contributed by atoms with Crippen molar-refractivity contribution in [1.82, 2.24) is 4.72 Å². The first kappa shape index (κ1) is 16.3. The van der Waals surface area contributed by atoms with E-state index >= 15 is 0 Å². The molecule has 0 radical (unpaired) electrons. The van der Waals surface area contributed by atoms with Gasteiger partial charge >= 0.3 is 0 Å². The maximum atomic E-state index is 12.1. The summed E-state index contributed by atoms with van der Waals surface area (Å²) in [6.07, 6.45) is 0.832. The zero-order valence-corrected chi connectivity index (χ0v) is 13.0. The molecular formula is C13H20ClNO3S. The molecule has 0 aliphatic carbocycles. The predicted octanol–water partition coefficient (Wildman–Crippen LogP) is 3.06. The fourth-order valence-electron chi connectivity index (χ4n) is 1.33. The summed E-state index contributed by atoms with van der Waals surface area (Å²) in [7, 11) is -3.51. The average Bonchev–Trinajstić information content (AvgIpc) is 2.35. The lowest BCUT2D eigenvalue weighted by Crippen LogP contribution is -2.27. The van der Waals surface area contributed by atoms with E-state index in [0.29, 0.717) is 23.9 Å². The summed E-state index contributed by atoms with van der Waals surface area (Å²) in [4.78, 5) is 0.170. The number of halogens is 1. The average molecular weight is 306 g/mol. The first-order valence-electron chi connectivity index (χ1n) is 6.29.